The van der Waals surface area contributed by atoms with Crippen LogP contribution in [0.15, 0.2) is 60.7 Å². The zero-order valence-electron chi connectivity index (χ0n) is 14.1. The summed E-state index contributed by atoms with van der Waals surface area (Å²) >= 11 is 0. The molecule has 0 N–H and O–H groups in total. The van der Waals surface area contributed by atoms with E-state index in [1.54, 1.807) is 12.1 Å². The van der Waals surface area contributed by atoms with Gasteiger partial charge in [0.1, 0.15) is 5.82 Å². The van der Waals surface area contributed by atoms with Crippen molar-refractivity contribution in [2.75, 3.05) is 0 Å². The Labute approximate surface area is 147 Å². The molecule has 2 aliphatic carbocycles. The summed E-state index contributed by atoms with van der Waals surface area (Å²) < 4.78 is 14.6. The minimum atomic E-state index is -0.128. The van der Waals surface area contributed by atoms with Crippen molar-refractivity contribution < 1.29 is 4.39 Å². The fourth-order valence-electron chi connectivity index (χ4n) is 4.35. The van der Waals surface area contributed by atoms with Crippen LogP contribution in [0, 0.1) is 5.82 Å². The smallest absolute Gasteiger partial charge is 0.130 e. The lowest BCUT2D eigenvalue weighted by Crippen LogP contribution is -2.36. The summed E-state index contributed by atoms with van der Waals surface area (Å²) in [7, 11) is 0. The van der Waals surface area contributed by atoms with Crippen LogP contribution >= 0.6 is 0 Å². The SMILES string of the molecule is Fc1ccccc1C1=c2c(ccc3c2=CCCC3)-c2ccccc2C1. The summed E-state index contributed by atoms with van der Waals surface area (Å²) in [5.41, 5.74) is 7.09. The second-order valence-electron chi connectivity index (χ2n) is 6.95. The molecule has 0 saturated heterocycles. The van der Waals surface area contributed by atoms with Gasteiger partial charge in [0.05, 0.1) is 0 Å². The lowest BCUT2D eigenvalue weighted by molar-refractivity contribution is 0.623. The number of fused-ring (bicyclic) bond motifs is 5. The third-order valence-electron chi connectivity index (χ3n) is 5.51. The molecule has 2 aliphatic rings. The van der Waals surface area contributed by atoms with Gasteiger partial charge in [-0.15, -0.1) is 0 Å². The molecule has 122 valence electrons. The predicted octanol–water partition coefficient (Wildman–Crippen LogP) is 4.36. The van der Waals surface area contributed by atoms with E-state index in [0.717, 1.165) is 30.4 Å². The number of hydrogen-bond acceptors (Lipinski definition) is 0. The van der Waals surface area contributed by atoms with Gasteiger partial charge in [-0.2, -0.15) is 0 Å². The van der Waals surface area contributed by atoms with E-state index in [1.165, 1.54) is 39.1 Å². The van der Waals surface area contributed by atoms with Crippen LogP contribution in [-0.4, -0.2) is 0 Å². The first-order valence-electron chi connectivity index (χ1n) is 9.01. The average Bonchev–Trinajstić information content (AvgIpc) is 2.67. The normalized spacial score (nSPS) is 15.0. The van der Waals surface area contributed by atoms with Crippen LogP contribution in [0.2, 0.25) is 0 Å². The molecule has 0 heterocycles. The van der Waals surface area contributed by atoms with Crippen LogP contribution in [0.1, 0.15) is 29.5 Å². The molecule has 0 fully saturated rings. The molecule has 25 heavy (non-hydrogen) atoms. The second-order valence-corrected chi connectivity index (χ2v) is 6.95. The Morgan fingerprint density at radius 3 is 2.40 bits per heavy atom. The van der Waals surface area contributed by atoms with Gasteiger partial charge in [0, 0.05) is 5.56 Å². The molecule has 0 atom stereocenters. The molecule has 0 amide bonds. The van der Waals surface area contributed by atoms with E-state index in [0.29, 0.717) is 0 Å². The third-order valence-corrected chi connectivity index (χ3v) is 5.51. The minimum absolute atomic E-state index is 0.128. The third kappa shape index (κ3) is 2.26. The van der Waals surface area contributed by atoms with Crippen molar-refractivity contribution in [1.29, 1.82) is 0 Å². The zero-order valence-corrected chi connectivity index (χ0v) is 14.1. The molecule has 0 bridgehead atoms. The van der Waals surface area contributed by atoms with Crippen molar-refractivity contribution >= 4 is 11.6 Å². The molecule has 0 aliphatic heterocycles. The minimum Gasteiger partial charge on any atom is -0.206 e. The van der Waals surface area contributed by atoms with Crippen LogP contribution in [0.25, 0.3) is 22.8 Å². The maximum Gasteiger partial charge on any atom is 0.130 e. The van der Waals surface area contributed by atoms with E-state index in [2.05, 4.69) is 42.5 Å². The maximum atomic E-state index is 14.6. The molecule has 1 heteroatoms. The Morgan fingerprint density at radius 2 is 1.52 bits per heavy atom. The fraction of sp³-hybridized carbons (Fsp3) is 0.167. The number of benzene rings is 3. The summed E-state index contributed by atoms with van der Waals surface area (Å²) in [5, 5.41) is 2.58. The van der Waals surface area contributed by atoms with E-state index in [-0.39, 0.29) is 5.82 Å². The highest BCUT2D eigenvalue weighted by atomic mass is 19.1. The molecular formula is C24H19F. The first-order valence-corrected chi connectivity index (χ1v) is 9.01. The van der Waals surface area contributed by atoms with Crippen molar-refractivity contribution in [3.8, 4) is 11.1 Å². The number of hydrogen-bond donors (Lipinski definition) is 0. The molecule has 0 spiro atoms. The largest absolute Gasteiger partial charge is 0.206 e. The Bertz CT molecular complexity index is 1110. The first kappa shape index (κ1) is 14.7. The standard InChI is InChI=1S/C24H19F/c25-23-12-6-5-11-20(23)22-15-17-8-2-3-9-18(17)21-14-13-16-7-1-4-10-19(16)24(21)22/h2-3,5-6,8-14H,1,4,7,15H2. The lowest BCUT2D eigenvalue weighted by atomic mass is 9.81. The molecular weight excluding hydrogens is 307 g/mol. The highest BCUT2D eigenvalue weighted by Crippen LogP contribution is 2.31. The van der Waals surface area contributed by atoms with E-state index < -0.39 is 0 Å². The monoisotopic (exact) mass is 326 g/mol. The van der Waals surface area contributed by atoms with Crippen molar-refractivity contribution in [2.24, 2.45) is 0 Å². The predicted molar refractivity (Wildman–Crippen MR) is 101 cm³/mol. The van der Waals surface area contributed by atoms with Crippen LogP contribution in [0.3, 0.4) is 0 Å². The Morgan fingerprint density at radius 1 is 0.720 bits per heavy atom. The van der Waals surface area contributed by atoms with Crippen molar-refractivity contribution in [3.05, 3.63) is 93.6 Å². The molecule has 3 aromatic rings. The Kier molecular flexibility index (Phi) is 3.34. The van der Waals surface area contributed by atoms with Gasteiger partial charge in [0.2, 0.25) is 0 Å². The zero-order chi connectivity index (χ0) is 16.8. The summed E-state index contributed by atoms with van der Waals surface area (Å²) in [5.74, 6) is -0.128. The Balaban J connectivity index is 1.97. The van der Waals surface area contributed by atoms with E-state index in [4.69, 9.17) is 0 Å². The van der Waals surface area contributed by atoms with E-state index >= 15 is 0 Å². The van der Waals surface area contributed by atoms with Gasteiger partial charge < -0.3 is 0 Å². The summed E-state index contributed by atoms with van der Waals surface area (Å²) in [4.78, 5) is 0. The lowest BCUT2D eigenvalue weighted by Gasteiger charge is -2.23. The quantitative estimate of drug-likeness (QED) is 0.623. The van der Waals surface area contributed by atoms with Gasteiger partial charge in [0.25, 0.3) is 0 Å². The van der Waals surface area contributed by atoms with Crippen molar-refractivity contribution in [3.63, 3.8) is 0 Å². The summed E-state index contributed by atoms with van der Waals surface area (Å²) in [6.07, 6.45) is 6.57. The van der Waals surface area contributed by atoms with Crippen LogP contribution in [0.5, 0.6) is 0 Å². The Hall–Kier alpha value is -2.67. The van der Waals surface area contributed by atoms with E-state index in [1.807, 2.05) is 12.1 Å². The van der Waals surface area contributed by atoms with E-state index in [9.17, 15) is 4.39 Å². The van der Waals surface area contributed by atoms with Gasteiger partial charge in [-0.05, 0) is 70.0 Å². The molecule has 0 radical (unpaired) electrons. The second kappa shape index (κ2) is 5.70. The van der Waals surface area contributed by atoms with Gasteiger partial charge in [-0.25, -0.2) is 4.39 Å². The maximum absolute atomic E-state index is 14.6. The summed E-state index contributed by atoms with van der Waals surface area (Å²) in [6, 6.07) is 20.2. The van der Waals surface area contributed by atoms with Gasteiger partial charge in [0.15, 0.2) is 0 Å². The number of rotatable bonds is 1. The number of halogens is 1. The summed E-state index contributed by atoms with van der Waals surface area (Å²) in [6.45, 7) is 0. The van der Waals surface area contributed by atoms with Gasteiger partial charge in [-0.3, -0.25) is 0 Å². The van der Waals surface area contributed by atoms with Crippen molar-refractivity contribution in [2.45, 2.75) is 25.7 Å². The molecule has 0 aromatic heterocycles. The molecule has 0 saturated carbocycles. The van der Waals surface area contributed by atoms with Gasteiger partial charge >= 0.3 is 0 Å². The number of aryl methyl sites for hydroxylation is 1. The van der Waals surface area contributed by atoms with Crippen LogP contribution in [-0.2, 0) is 12.8 Å². The van der Waals surface area contributed by atoms with Gasteiger partial charge in [-0.1, -0.05) is 60.7 Å². The highest BCUT2D eigenvalue weighted by molar-refractivity contribution is 5.82. The molecule has 0 unspecified atom stereocenters. The fourth-order valence-corrected chi connectivity index (χ4v) is 4.35. The van der Waals surface area contributed by atoms with Crippen molar-refractivity contribution in [1.82, 2.24) is 0 Å². The topological polar surface area (TPSA) is 0 Å². The first-order chi connectivity index (χ1) is 12.3. The van der Waals surface area contributed by atoms with Crippen LogP contribution in [0.4, 0.5) is 4.39 Å². The molecule has 3 aromatic carbocycles. The van der Waals surface area contributed by atoms with Crippen LogP contribution < -0.4 is 10.4 Å². The molecule has 0 nitrogen and oxygen atoms in total. The average molecular weight is 326 g/mol. The molecule has 5 rings (SSSR count). The highest BCUT2D eigenvalue weighted by Gasteiger charge is 2.21.